The summed E-state index contributed by atoms with van der Waals surface area (Å²) in [5, 5.41) is -0.986. The molecule has 128 valence electrons. The van der Waals surface area contributed by atoms with Gasteiger partial charge in [0.2, 0.25) is 5.24 Å². The Bertz CT molecular complexity index is 906. The highest BCUT2D eigenvalue weighted by atomic mass is 35.5. The van der Waals surface area contributed by atoms with Crippen LogP contribution in [0.15, 0.2) is 41.3 Å². The lowest BCUT2D eigenvalue weighted by Crippen LogP contribution is -2.35. The van der Waals surface area contributed by atoms with Crippen LogP contribution < -0.4 is 4.31 Å². The van der Waals surface area contributed by atoms with Crippen molar-refractivity contribution in [1.29, 1.82) is 0 Å². The molecule has 0 aromatic heterocycles. The van der Waals surface area contributed by atoms with Gasteiger partial charge in [0.05, 0.1) is 20.6 Å². The van der Waals surface area contributed by atoms with Crippen LogP contribution in [0, 0.1) is 11.6 Å². The first-order valence-corrected chi connectivity index (χ1v) is 8.81. The first-order valence-electron chi connectivity index (χ1n) is 6.24. The molecular formula is C14H8Cl3F2NO3S. The SMILES string of the molecule is O=C(Cl)CN(c1ccc(F)cc1F)S(=O)(=O)c1ccc(Cl)c(Cl)c1. The van der Waals surface area contributed by atoms with Crippen molar-refractivity contribution in [2.24, 2.45) is 0 Å². The molecule has 0 aliphatic heterocycles. The van der Waals surface area contributed by atoms with Crippen molar-refractivity contribution in [3.8, 4) is 0 Å². The number of sulfonamides is 1. The summed E-state index contributed by atoms with van der Waals surface area (Å²) in [6.07, 6.45) is 0. The normalized spacial score (nSPS) is 11.4. The number of benzene rings is 2. The van der Waals surface area contributed by atoms with Crippen LogP contribution in [-0.2, 0) is 14.8 Å². The van der Waals surface area contributed by atoms with Gasteiger partial charge in [-0.3, -0.25) is 9.10 Å². The van der Waals surface area contributed by atoms with Crippen molar-refractivity contribution in [3.63, 3.8) is 0 Å². The lowest BCUT2D eigenvalue weighted by atomic mass is 10.3. The lowest BCUT2D eigenvalue weighted by molar-refractivity contribution is -0.110. The summed E-state index contributed by atoms with van der Waals surface area (Å²) in [4.78, 5) is 10.9. The highest BCUT2D eigenvalue weighted by molar-refractivity contribution is 7.92. The minimum absolute atomic E-state index is 0.0468. The van der Waals surface area contributed by atoms with Gasteiger partial charge in [0, 0.05) is 6.07 Å². The summed E-state index contributed by atoms with van der Waals surface area (Å²) < 4.78 is 52.9. The van der Waals surface area contributed by atoms with E-state index in [0.29, 0.717) is 10.4 Å². The minimum atomic E-state index is -4.40. The Balaban J connectivity index is 2.61. The van der Waals surface area contributed by atoms with E-state index in [-0.39, 0.29) is 14.9 Å². The van der Waals surface area contributed by atoms with Crippen LogP contribution in [0.5, 0.6) is 0 Å². The third-order valence-electron chi connectivity index (χ3n) is 2.93. The monoisotopic (exact) mass is 413 g/mol. The molecule has 0 radical (unpaired) electrons. The lowest BCUT2D eigenvalue weighted by Gasteiger charge is -2.23. The molecule has 4 nitrogen and oxygen atoms in total. The Hall–Kier alpha value is -1.41. The smallest absolute Gasteiger partial charge is 0.264 e. The largest absolute Gasteiger partial charge is 0.279 e. The molecule has 0 atom stereocenters. The van der Waals surface area contributed by atoms with E-state index in [2.05, 4.69) is 0 Å². The molecule has 2 aromatic carbocycles. The molecule has 10 heteroatoms. The zero-order valence-electron chi connectivity index (χ0n) is 11.6. The highest BCUT2D eigenvalue weighted by Gasteiger charge is 2.29. The van der Waals surface area contributed by atoms with Crippen LogP contribution in [0.4, 0.5) is 14.5 Å². The maximum atomic E-state index is 14.0. The number of carbonyl (C=O) groups is 1. The summed E-state index contributed by atoms with van der Waals surface area (Å²) in [5.74, 6) is -2.07. The van der Waals surface area contributed by atoms with E-state index < -0.39 is 39.1 Å². The average molecular weight is 415 g/mol. The van der Waals surface area contributed by atoms with Gasteiger partial charge in [0.15, 0.2) is 0 Å². The van der Waals surface area contributed by atoms with Gasteiger partial charge in [-0.1, -0.05) is 23.2 Å². The second-order valence-electron chi connectivity index (χ2n) is 4.54. The minimum Gasteiger partial charge on any atom is -0.279 e. The molecule has 0 heterocycles. The number of carbonyl (C=O) groups excluding carboxylic acids is 1. The molecule has 0 saturated carbocycles. The van der Waals surface area contributed by atoms with E-state index >= 15 is 0 Å². The third kappa shape index (κ3) is 3.97. The molecule has 0 unspecified atom stereocenters. The second-order valence-corrected chi connectivity index (χ2v) is 7.64. The molecule has 2 aromatic rings. The van der Waals surface area contributed by atoms with Gasteiger partial charge >= 0.3 is 0 Å². The van der Waals surface area contributed by atoms with Gasteiger partial charge in [-0.15, -0.1) is 0 Å². The van der Waals surface area contributed by atoms with E-state index in [1.54, 1.807) is 0 Å². The number of nitrogens with zero attached hydrogens (tertiary/aromatic N) is 1. The van der Waals surface area contributed by atoms with Gasteiger partial charge < -0.3 is 0 Å². The number of anilines is 1. The predicted octanol–water partition coefficient (Wildman–Crippen LogP) is 4.23. The summed E-state index contributed by atoms with van der Waals surface area (Å²) in [6.45, 7) is -0.854. The van der Waals surface area contributed by atoms with Crippen LogP contribution in [0.2, 0.25) is 10.0 Å². The maximum Gasteiger partial charge on any atom is 0.264 e. The fraction of sp³-hybridized carbons (Fsp3) is 0.0714. The fourth-order valence-electron chi connectivity index (χ4n) is 1.86. The van der Waals surface area contributed by atoms with Gasteiger partial charge in [0.25, 0.3) is 10.0 Å². The van der Waals surface area contributed by atoms with Gasteiger partial charge in [-0.2, -0.15) is 0 Å². The van der Waals surface area contributed by atoms with Crippen LogP contribution in [0.25, 0.3) is 0 Å². The van der Waals surface area contributed by atoms with Crippen molar-refractivity contribution in [2.75, 3.05) is 10.8 Å². The molecule has 0 spiro atoms. The van der Waals surface area contributed by atoms with E-state index in [0.717, 1.165) is 24.3 Å². The van der Waals surface area contributed by atoms with Gasteiger partial charge in [0.1, 0.15) is 18.2 Å². The van der Waals surface area contributed by atoms with Crippen LogP contribution in [0.1, 0.15) is 0 Å². The van der Waals surface area contributed by atoms with Crippen molar-refractivity contribution in [2.45, 2.75) is 4.90 Å². The van der Waals surface area contributed by atoms with Crippen LogP contribution in [0.3, 0.4) is 0 Å². The topological polar surface area (TPSA) is 54.5 Å². The third-order valence-corrected chi connectivity index (χ3v) is 5.54. The van der Waals surface area contributed by atoms with Crippen LogP contribution in [-0.4, -0.2) is 20.2 Å². The molecule has 0 amide bonds. The Morgan fingerprint density at radius 2 is 1.71 bits per heavy atom. The Labute approximate surface area is 151 Å². The van der Waals surface area contributed by atoms with Gasteiger partial charge in [-0.05, 0) is 41.9 Å². The van der Waals surface area contributed by atoms with Crippen molar-refractivity contribution < 1.29 is 22.0 Å². The van der Waals surface area contributed by atoms with Crippen LogP contribution >= 0.6 is 34.8 Å². The van der Waals surface area contributed by atoms with E-state index in [9.17, 15) is 22.0 Å². The van der Waals surface area contributed by atoms with Crippen molar-refractivity contribution in [1.82, 2.24) is 0 Å². The average Bonchev–Trinajstić information content (AvgIpc) is 2.48. The number of rotatable bonds is 5. The first kappa shape index (κ1) is 18.9. The first-order chi connectivity index (χ1) is 11.1. The Kier molecular flexibility index (Phi) is 5.70. The van der Waals surface area contributed by atoms with Gasteiger partial charge in [-0.25, -0.2) is 17.2 Å². The fourth-order valence-corrected chi connectivity index (χ4v) is 3.87. The van der Waals surface area contributed by atoms with E-state index in [1.807, 2.05) is 0 Å². The molecule has 0 saturated heterocycles. The summed E-state index contributed by atoms with van der Waals surface area (Å²) in [5.41, 5.74) is -0.531. The summed E-state index contributed by atoms with van der Waals surface area (Å²) in [6, 6.07) is 5.65. The number of hydrogen-bond donors (Lipinski definition) is 0. The van der Waals surface area contributed by atoms with Crippen molar-refractivity contribution >= 4 is 55.8 Å². The molecule has 24 heavy (non-hydrogen) atoms. The molecule has 0 fully saturated rings. The summed E-state index contributed by atoms with van der Waals surface area (Å²) in [7, 11) is -4.40. The summed E-state index contributed by atoms with van der Waals surface area (Å²) >= 11 is 16.8. The molecule has 2 rings (SSSR count). The standard InChI is InChI=1S/C14H8Cl3F2NO3S/c15-10-3-2-9(6-11(10)16)24(22,23)20(7-14(17)21)13-4-1-8(18)5-12(13)19/h1-6H,7H2. The Morgan fingerprint density at radius 1 is 1.04 bits per heavy atom. The number of halogens is 5. The second kappa shape index (κ2) is 7.23. The number of hydrogen-bond acceptors (Lipinski definition) is 3. The molecule has 0 N–H and O–H groups in total. The maximum absolute atomic E-state index is 14.0. The van der Waals surface area contributed by atoms with Crippen molar-refractivity contribution in [3.05, 3.63) is 58.1 Å². The van der Waals surface area contributed by atoms with E-state index in [1.165, 1.54) is 6.07 Å². The molecular weight excluding hydrogens is 407 g/mol. The Morgan fingerprint density at radius 3 is 2.25 bits per heavy atom. The molecule has 0 bridgehead atoms. The highest BCUT2D eigenvalue weighted by Crippen LogP contribution is 2.30. The quantitative estimate of drug-likeness (QED) is 0.688. The predicted molar refractivity (Wildman–Crippen MR) is 88.2 cm³/mol. The zero-order valence-corrected chi connectivity index (χ0v) is 14.7. The molecule has 0 aliphatic rings. The molecule has 0 aliphatic carbocycles. The van der Waals surface area contributed by atoms with E-state index in [4.69, 9.17) is 34.8 Å². The zero-order chi connectivity index (χ0) is 18.1.